The molecule has 0 aromatic carbocycles. The fraction of sp³-hybridized carbons (Fsp3) is 0.742. The molecule has 1 saturated heterocycles. The number of aliphatic hydroxyl groups is 3. The van der Waals surface area contributed by atoms with Gasteiger partial charge in [0.15, 0.2) is 0 Å². The van der Waals surface area contributed by atoms with Crippen LogP contribution >= 0.6 is 0 Å². The highest BCUT2D eigenvalue weighted by molar-refractivity contribution is 5.70. The Bertz CT molecular complexity index is 920. The summed E-state index contributed by atoms with van der Waals surface area (Å²) in [5.74, 6) is -1.39. The molecule has 228 valence electrons. The predicted molar refractivity (Wildman–Crippen MR) is 151 cm³/mol. The highest BCUT2D eigenvalue weighted by Gasteiger charge is 2.50. The normalized spacial score (nSPS) is 36.0. The van der Waals surface area contributed by atoms with Crippen LogP contribution in [0, 0.1) is 17.8 Å². The van der Waals surface area contributed by atoms with Gasteiger partial charge in [0.25, 0.3) is 0 Å². The van der Waals surface area contributed by atoms with Crippen molar-refractivity contribution in [3.8, 4) is 0 Å². The van der Waals surface area contributed by atoms with Gasteiger partial charge in [-0.1, -0.05) is 52.0 Å². The second-order valence-electron chi connectivity index (χ2n) is 11.7. The standard InChI is InChI=1S/C31H50O9/c1-9-24(37-8)21(5)29-30(40-29)27(35)18(2)11-10-12-19(3)28-20(4)13-14-25(38-22(6)32)31(7,36)16-15-23(33)17-26(34)39-28/h10-14,18,20-21,23-25,27-30,33,35-36H,9,15-17H2,1-8H3/b11-10+,14-13+,19-12+/t18-,20-,21-,23-,24+,25+,27-,28+,29-,30-,31-/m1/s1. The third-order valence-corrected chi connectivity index (χ3v) is 8.09. The molecule has 40 heavy (non-hydrogen) atoms. The summed E-state index contributed by atoms with van der Waals surface area (Å²) in [6.07, 6.45) is 6.42. The number of cyclic esters (lactones) is 1. The van der Waals surface area contributed by atoms with E-state index in [0.29, 0.717) is 0 Å². The third-order valence-electron chi connectivity index (χ3n) is 8.09. The summed E-state index contributed by atoms with van der Waals surface area (Å²) >= 11 is 0. The summed E-state index contributed by atoms with van der Waals surface area (Å²) < 4.78 is 22.5. The number of allylic oxidation sites excluding steroid dienone is 2. The summed E-state index contributed by atoms with van der Waals surface area (Å²) in [6.45, 7) is 12.6. The predicted octanol–water partition coefficient (Wildman–Crippen LogP) is 3.65. The number of carbonyl (C=O) groups excluding carboxylic acids is 2. The van der Waals surface area contributed by atoms with Crippen LogP contribution in [0.25, 0.3) is 0 Å². The quantitative estimate of drug-likeness (QED) is 0.157. The Morgan fingerprint density at radius 2 is 1.93 bits per heavy atom. The molecule has 9 nitrogen and oxygen atoms in total. The van der Waals surface area contributed by atoms with Crippen molar-refractivity contribution < 1.29 is 43.9 Å². The molecule has 0 aliphatic carbocycles. The molecule has 0 spiro atoms. The van der Waals surface area contributed by atoms with E-state index in [9.17, 15) is 24.9 Å². The van der Waals surface area contributed by atoms with Crippen LogP contribution in [0.4, 0.5) is 0 Å². The number of methoxy groups -OCH3 is 1. The molecule has 1 fully saturated rings. The van der Waals surface area contributed by atoms with Crippen molar-refractivity contribution in [1.29, 1.82) is 0 Å². The monoisotopic (exact) mass is 566 g/mol. The van der Waals surface area contributed by atoms with Crippen molar-refractivity contribution in [1.82, 2.24) is 0 Å². The van der Waals surface area contributed by atoms with Crippen molar-refractivity contribution in [2.75, 3.05) is 7.11 Å². The minimum Gasteiger partial charge on any atom is -0.457 e. The SMILES string of the molecule is CC[C@H](OC)[C@@H](C)[C@H]1O[C@@H]1[C@H](O)[C@H](C)/C=C/C=C(\C)[C@@H]1OC(=O)C[C@H](O)CC[C@@](C)(O)[C@@H](OC(C)=O)/C=C/[C@H]1C. The van der Waals surface area contributed by atoms with E-state index in [1.165, 1.54) is 6.92 Å². The van der Waals surface area contributed by atoms with Gasteiger partial charge in [-0.15, -0.1) is 0 Å². The zero-order chi connectivity index (χ0) is 30.2. The number of esters is 2. The van der Waals surface area contributed by atoms with E-state index in [2.05, 4.69) is 13.8 Å². The summed E-state index contributed by atoms with van der Waals surface area (Å²) in [6, 6.07) is 0. The summed E-state index contributed by atoms with van der Waals surface area (Å²) in [5, 5.41) is 32.2. The maximum Gasteiger partial charge on any atom is 0.309 e. The molecular formula is C31H50O9. The lowest BCUT2D eigenvalue weighted by molar-refractivity contribution is -0.157. The Morgan fingerprint density at radius 1 is 1.25 bits per heavy atom. The fourth-order valence-electron chi connectivity index (χ4n) is 5.32. The fourth-order valence-corrected chi connectivity index (χ4v) is 5.32. The topological polar surface area (TPSA) is 135 Å². The van der Waals surface area contributed by atoms with Crippen LogP contribution in [0.15, 0.2) is 36.0 Å². The van der Waals surface area contributed by atoms with Gasteiger partial charge in [0.05, 0.1) is 30.8 Å². The van der Waals surface area contributed by atoms with Crippen LogP contribution in [0.3, 0.4) is 0 Å². The molecule has 2 heterocycles. The minimum absolute atomic E-state index is 0.0387. The zero-order valence-corrected chi connectivity index (χ0v) is 25.3. The van der Waals surface area contributed by atoms with Crippen molar-refractivity contribution in [2.24, 2.45) is 17.8 Å². The van der Waals surface area contributed by atoms with E-state index in [-0.39, 0.29) is 55.3 Å². The number of carbonyl (C=O) groups is 2. The Morgan fingerprint density at radius 3 is 2.52 bits per heavy atom. The van der Waals surface area contributed by atoms with E-state index in [0.717, 1.165) is 12.0 Å². The first-order chi connectivity index (χ1) is 18.7. The Kier molecular flexibility index (Phi) is 13.0. The van der Waals surface area contributed by atoms with Gasteiger partial charge in [-0.25, -0.2) is 0 Å². The molecule has 0 saturated carbocycles. The first kappa shape index (κ1) is 34.2. The molecule has 2 rings (SSSR count). The first-order valence-corrected chi connectivity index (χ1v) is 14.4. The highest BCUT2D eigenvalue weighted by atomic mass is 16.6. The highest BCUT2D eigenvalue weighted by Crippen LogP contribution is 2.37. The number of rotatable bonds is 10. The Hall–Kier alpha value is -2.04. The van der Waals surface area contributed by atoms with Crippen LogP contribution in [0.1, 0.15) is 74.1 Å². The van der Waals surface area contributed by atoms with E-state index >= 15 is 0 Å². The number of epoxide rings is 1. The van der Waals surface area contributed by atoms with Gasteiger partial charge < -0.3 is 34.3 Å². The second-order valence-corrected chi connectivity index (χ2v) is 11.7. The number of ether oxygens (including phenoxy) is 4. The lowest BCUT2D eigenvalue weighted by Crippen LogP contribution is -2.42. The van der Waals surface area contributed by atoms with Crippen molar-refractivity contribution >= 4 is 11.9 Å². The van der Waals surface area contributed by atoms with Crippen LogP contribution < -0.4 is 0 Å². The maximum absolute atomic E-state index is 12.6. The van der Waals surface area contributed by atoms with E-state index < -0.39 is 42.0 Å². The maximum atomic E-state index is 12.6. The molecule has 0 unspecified atom stereocenters. The van der Waals surface area contributed by atoms with Crippen molar-refractivity contribution in [3.05, 3.63) is 36.0 Å². The van der Waals surface area contributed by atoms with Crippen molar-refractivity contribution in [3.63, 3.8) is 0 Å². The largest absolute Gasteiger partial charge is 0.457 e. The zero-order valence-electron chi connectivity index (χ0n) is 25.3. The van der Waals surface area contributed by atoms with Crippen LogP contribution in [-0.2, 0) is 28.5 Å². The molecule has 0 radical (unpaired) electrons. The molecule has 9 heteroatoms. The Balaban J connectivity index is 2.16. The van der Waals surface area contributed by atoms with Gasteiger partial charge in [-0.2, -0.15) is 0 Å². The lowest BCUT2D eigenvalue weighted by atomic mass is 9.88. The average molecular weight is 567 g/mol. The van der Waals surface area contributed by atoms with Gasteiger partial charge in [0.1, 0.15) is 23.9 Å². The second kappa shape index (κ2) is 15.3. The lowest BCUT2D eigenvalue weighted by Gasteiger charge is -2.32. The molecular weight excluding hydrogens is 516 g/mol. The molecule has 2 aliphatic rings. The molecule has 0 aromatic heterocycles. The van der Waals surface area contributed by atoms with E-state index in [1.807, 2.05) is 39.0 Å². The number of aliphatic hydroxyl groups excluding tert-OH is 2. The summed E-state index contributed by atoms with van der Waals surface area (Å²) in [7, 11) is 1.69. The molecule has 0 bridgehead atoms. The molecule has 0 aromatic rings. The molecule has 0 amide bonds. The number of hydrogen-bond donors (Lipinski definition) is 3. The molecule has 11 atom stereocenters. The number of hydrogen-bond acceptors (Lipinski definition) is 9. The average Bonchev–Trinajstić information content (AvgIpc) is 3.68. The van der Waals surface area contributed by atoms with E-state index in [4.69, 9.17) is 18.9 Å². The smallest absolute Gasteiger partial charge is 0.309 e. The van der Waals surface area contributed by atoms with Gasteiger partial charge in [-0.3, -0.25) is 9.59 Å². The summed E-state index contributed by atoms with van der Waals surface area (Å²) in [5.41, 5.74) is -0.666. The van der Waals surface area contributed by atoms with Gasteiger partial charge in [0, 0.05) is 31.8 Å². The third kappa shape index (κ3) is 9.80. The first-order valence-electron chi connectivity index (χ1n) is 14.4. The van der Waals surface area contributed by atoms with E-state index in [1.54, 1.807) is 26.2 Å². The minimum atomic E-state index is -1.42. The van der Waals surface area contributed by atoms with Gasteiger partial charge >= 0.3 is 11.9 Å². The van der Waals surface area contributed by atoms with Crippen LogP contribution in [0.2, 0.25) is 0 Å². The van der Waals surface area contributed by atoms with Crippen molar-refractivity contribution in [2.45, 2.75) is 122 Å². The van der Waals surface area contributed by atoms with Gasteiger partial charge in [-0.05, 0) is 44.8 Å². The van der Waals surface area contributed by atoms with Crippen LogP contribution in [-0.4, -0.2) is 82.7 Å². The Labute approximate surface area is 239 Å². The van der Waals surface area contributed by atoms with Gasteiger partial charge in [0.2, 0.25) is 0 Å². The van der Waals surface area contributed by atoms with Crippen LogP contribution in [0.5, 0.6) is 0 Å². The molecule has 2 aliphatic heterocycles. The molecule has 3 N–H and O–H groups in total. The summed E-state index contributed by atoms with van der Waals surface area (Å²) in [4.78, 5) is 24.3.